The molecule has 0 aliphatic carbocycles. The van der Waals surface area contributed by atoms with Crippen molar-refractivity contribution in [2.24, 2.45) is 0 Å². The maximum absolute atomic E-state index is 11.8. The summed E-state index contributed by atoms with van der Waals surface area (Å²) in [5.41, 5.74) is 12.8. The molecule has 9 rings (SSSR count). The van der Waals surface area contributed by atoms with E-state index in [1.165, 1.54) is 12.1 Å². The number of nitrogens with zero attached hydrogens (tertiary/aromatic N) is 2. The number of aromatic carboxylic acids is 2. The Morgan fingerprint density at radius 2 is 0.931 bits per heavy atom. The van der Waals surface area contributed by atoms with Crippen molar-refractivity contribution < 1.29 is 19.8 Å². The van der Waals surface area contributed by atoms with E-state index >= 15 is 0 Å². The van der Waals surface area contributed by atoms with Crippen LogP contribution in [-0.2, 0) is 0 Å². The van der Waals surface area contributed by atoms with Gasteiger partial charge in [-0.1, -0.05) is 109 Å². The molecule has 2 aliphatic rings. The average molecular weight is 753 g/mol. The largest absolute Gasteiger partial charge is 0.478 e. The van der Waals surface area contributed by atoms with Gasteiger partial charge in [-0.15, -0.1) is 0 Å². The third-order valence-electron chi connectivity index (χ3n) is 10.0. The number of H-pyrrole nitrogens is 2. The molecule has 0 radical (unpaired) electrons. The predicted octanol–water partition coefficient (Wildman–Crippen LogP) is 11.1. The van der Waals surface area contributed by atoms with E-state index in [1.54, 1.807) is 18.2 Å². The lowest BCUT2D eigenvalue weighted by Crippen LogP contribution is -2.07. The summed E-state index contributed by atoms with van der Waals surface area (Å²) in [5.74, 6) is 3.81. The number of carboxylic acids is 2. The van der Waals surface area contributed by atoms with Gasteiger partial charge in [-0.3, -0.25) is 0 Å². The molecule has 4 aromatic carbocycles. The van der Waals surface area contributed by atoms with Gasteiger partial charge >= 0.3 is 11.9 Å². The van der Waals surface area contributed by atoms with Crippen molar-refractivity contribution in [2.75, 3.05) is 0 Å². The minimum Gasteiger partial charge on any atom is -0.478 e. The lowest BCUT2D eigenvalue weighted by Gasteiger charge is -2.06. The van der Waals surface area contributed by atoms with E-state index in [-0.39, 0.29) is 11.1 Å². The highest BCUT2D eigenvalue weighted by molar-refractivity contribution is 6.02. The Hall–Kier alpha value is -8.28. The van der Waals surface area contributed by atoms with Crippen LogP contribution in [0, 0.1) is 11.8 Å². The first-order valence-electron chi connectivity index (χ1n) is 18.5. The fraction of sp³-hybridized carbons (Fsp3) is 0. The van der Waals surface area contributed by atoms with E-state index in [0.29, 0.717) is 16.8 Å². The maximum Gasteiger partial charge on any atom is 0.336 e. The second-order valence-corrected chi connectivity index (χ2v) is 13.6. The van der Waals surface area contributed by atoms with Gasteiger partial charge in [0.25, 0.3) is 0 Å². The number of aromatic nitrogens is 4. The van der Waals surface area contributed by atoms with Crippen molar-refractivity contribution >= 4 is 64.4 Å². The smallest absolute Gasteiger partial charge is 0.336 e. The molecule has 0 fully saturated rings. The van der Waals surface area contributed by atoms with Gasteiger partial charge in [-0.25, -0.2) is 19.6 Å². The van der Waals surface area contributed by atoms with Crippen molar-refractivity contribution in [3.63, 3.8) is 0 Å². The van der Waals surface area contributed by atoms with Crippen molar-refractivity contribution in [2.45, 2.75) is 0 Å². The van der Waals surface area contributed by atoms with Gasteiger partial charge in [0.15, 0.2) is 0 Å². The number of carbonyl (C=O) groups is 2. The summed E-state index contributed by atoms with van der Waals surface area (Å²) < 4.78 is 0. The molecule has 7 aromatic rings. The van der Waals surface area contributed by atoms with Crippen molar-refractivity contribution in [3.8, 4) is 45.2 Å². The molecule has 0 saturated heterocycles. The highest BCUT2D eigenvalue weighted by atomic mass is 16.4. The van der Waals surface area contributed by atoms with Crippen LogP contribution in [0.15, 0.2) is 140 Å². The van der Waals surface area contributed by atoms with Gasteiger partial charge in [0.1, 0.15) is 0 Å². The molecule has 8 nitrogen and oxygen atoms in total. The third-order valence-corrected chi connectivity index (χ3v) is 10.0. The Balaban J connectivity index is 1.33. The van der Waals surface area contributed by atoms with Crippen LogP contribution in [-0.4, -0.2) is 42.1 Å². The van der Waals surface area contributed by atoms with Gasteiger partial charge < -0.3 is 20.2 Å². The van der Waals surface area contributed by atoms with Crippen LogP contribution in [0.25, 0.3) is 85.8 Å². The van der Waals surface area contributed by atoms with Crippen LogP contribution < -0.4 is 0 Å². The second kappa shape index (κ2) is 15.1. The van der Waals surface area contributed by atoms with E-state index in [1.807, 2.05) is 78.9 Å². The number of nitrogens with one attached hydrogen (secondary N) is 2. The highest BCUT2D eigenvalue weighted by Gasteiger charge is 2.18. The molecule has 8 bridgehead atoms. The van der Waals surface area contributed by atoms with Gasteiger partial charge in [0.05, 0.1) is 45.0 Å². The Kier molecular flexibility index (Phi) is 9.22. The molecule has 5 heterocycles. The maximum atomic E-state index is 11.8. The van der Waals surface area contributed by atoms with Gasteiger partial charge in [0.2, 0.25) is 0 Å². The Morgan fingerprint density at radius 3 is 1.41 bits per heavy atom. The number of carboxylic acid groups (broad SMARTS) is 2. The van der Waals surface area contributed by atoms with E-state index in [9.17, 15) is 19.8 Å². The first kappa shape index (κ1) is 35.4. The van der Waals surface area contributed by atoms with Crippen molar-refractivity contribution in [1.29, 1.82) is 0 Å². The number of rotatable bonds is 6. The topological polar surface area (TPSA) is 132 Å². The SMILES string of the molecule is O=C(O)c1ccc(/C=C/C#Cc2c3nc(c(-c4ccccc4)c4ccc([nH]4)c(-c4ccccc4)c4nc(c(-c5ccccc5)c5ccc2[nH]5)C=C4)C=C3)cc1C(=O)O. The standard InChI is InChI=1S/C50H32N4O4/c55-49(56)35-21-20-31(30-37(35)50(57)58)12-10-11-19-36-38-22-24-40(51-38)46(32-13-4-1-5-14-32)42-26-28-44(53-42)48(34-17-8-3-9-18-34)45-29-27-43(54-45)47(33-15-6-2-7-16-33)41-25-23-39(36)52-41/h1-10,12-18,20-30,51,54H,(H,55,56)(H,57,58)/b12-10+,38-36?,39-36?,46-40?,46-42?,47-41?,47-43?,48-44?,48-45?. The number of benzene rings is 4. The predicted molar refractivity (Wildman–Crippen MR) is 231 cm³/mol. The Bertz CT molecular complexity index is 3070. The summed E-state index contributed by atoms with van der Waals surface area (Å²) in [6, 6.07) is 43.0. The van der Waals surface area contributed by atoms with Crippen LogP contribution in [0.3, 0.4) is 0 Å². The number of aromatic amines is 2. The fourth-order valence-electron chi connectivity index (χ4n) is 7.34. The van der Waals surface area contributed by atoms with E-state index < -0.39 is 11.9 Å². The average Bonchev–Trinajstić information content (AvgIpc) is 4.10. The quantitative estimate of drug-likeness (QED) is 0.125. The molecule has 0 unspecified atom stereocenters. The van der Waals surface area contributed by atoms with Crippen LogP contribution in [0.4, 0.5) is 0 Å². The molecule has 2 aliphatic heterocycles. The summed E-state index contributed by atoms with van der Waals surface area (Å²) in [4.78, 5) is 41.3. The monoisotopic (exact) mass is 752 g/mol. The van der Waals surface area contributed by atoms with Crippen molar-refractivity contribution in [1.82, 2.24) is 19.9 Å². The molecular formula is C50H32N4O4. The number of hydrogen-bond donors (Lipinski definition) is 4. The van der Waals surface area contributed by atoms with E-state index in [0.717, 1.165) is 72.5 Å². The number of hydrogen-bond acceptors (Lipinski definition) is 4. The first-order valence-corrected chi connectivity index (χ1v) is 18.5. The fourth-order valence-corrected chi connectivity index (χ4v) is 7.34. The molecule has 58 heavy (non-hydrogen) atoms. The summed E-state index contributed by atoms with van der Waals surface area (Å²) in [6.07, 6.45) is 11.4. The zero-order valence-electron chi connectivity index (χ0n) is 30.8. The third kappa shape index (κ3) is 6.80. The van der Waals surface area contributed by atoms with Crippen LogP contribution in [0.5, 0.6) is 0 Å². The molecule has 276 valence electrons. The molecule has 8 heteroatoms. The molecule has 0 amide bonds. The minimum absolute atomic E-state index is 0.283. The van der Waals surface area contributed by atoms with E-state index in [4.69, 9.17) is 9.97 Å². The summed E-state index contributed by atoms with van der Waals surface area (Å²) in [7, 11) is 0. The van der Waals surface area contributed by atoms with Gasteiger partial charge in [0, 0.05) is 33.2 Å². The zero-order chi connectivity index (χ0) is 39.6. The van der Waals surface area contributed by atoms with Crippen LogP contribution in [0.1, 0.15) is 54.6 Å². The molecule has 0 spiro atoms. The lowest BCUT2D eigenvalue weighted by atomic mass is 10.0. The Labute approximate surface area is 332 Å². The summed E-state index contributed by atoms with van der Waals surface area (Å²) >= 11 is 0. The van der Waals surface area contributed by atoms with Gasteiger partial charge in [-0.2, -0.15) is 0 Å². The normalized spacial score (nSPS) is 11.7. The molecule has 4 N–H and O–H groups in total. The summed E-state index contributed by atoms with van der Waals surface area (Å²) in [5, 5.41) is 19.1. The van der Waals surface area contributed by atoms with Crippen LogP contribution in [0.2, 0.25) is 0 Å². The van der Waals surface area contributed by atoms with E-state index in [2.05, 4.69) is 82.5 Å². The number of fused-ring (bicyclic) bond motifs is 8. The first-order chi connectivity index (χ1) is 28.4. The number of allylic oxidation sites excluding steroid dienone is 1. The Morgan fingerprint density at radius 1 is 0.500 bits per heavy atom. The second-order valence-electron chi connectivity index (χ2n) is 13.6. The molecular weight excluding hydrogens is 721 g/mol. The molecule has 0 atom stereocenters. The summed E-state index contributed by atoms with van der Waals surface area (Å²) in [6.45, 7) is 0. The molecule has 3 aromatic heterocycles. The lowest BCUT2D eigenvalue weighted by molar-refractivity contribution is 0.0651. The minimum atomic E-state index is -1.32. The molecule has 0 saturated carbocycles. The zero-order valence-corrected chi connectivity index (χ0v) is 30.8. The van der Waals surface area contributed by atoms with Crippen LogP contribution >= 0.6 is 0 Å². The van der Waals surface area contributed by atoms with Crippen molar-refractivity contribution in [3.05, 3.63) is 185 Å². The van der Waals surface area contributed by atoms with Gasteiger partial charge in [-0.05, 0) is 95.1 Å². The highest BCUT2D eigenvalue weighted by Crippen LogP contribution is 2.36.